The third-order valence-electron chi connectivity index (χ3n) is 4.99. The van der Waals surface area contributed by atoms with Crippen LogP contribution >= 0.6 is 0 Å². The number of piperidine rings is 1. The molecule has 1 amide bonds. The molecule has 1 saturated heterocycles. The number of anilines is 1. The number of nitrogen functional groups attached to an aromatic ring is 1. The molecule has 4 nitrogen and oxygen atoms in total. The van der Waals surface area contributed by atoms with Gasteiger partial charge in [-0.25, -0.2) is 4.39 Å². The van der Waals surface area contributed by atoms with Crippen molar-refractivity contribution in [2.24, 2.45) is 0 Å². The number of carbonyl (C=O) groups excluding carboxylic acids is 1. The van der Waals surface area contributed by atoms with Gasteiger partial charge in [-0.1, -0.05) is 18.2 Å². The Morgan fingerprint density at radius 2 is 1.79 bits per heavy atom. The van der Waals surface area contributed by atoms with Crippen molar-refractivity contribution in [1.29, 1.82) is 5.41 Å². The highest BCUT2D eigenvalue weighted by molar-refractivity contribution is 6.45. The molecule has 1 heterocycles. The molecule has 28 heavy (non-hydrogen) atoms. The Labute approximate surface area is 160 Å². The highest BCUT2D eigenvalue weighted by atomic mass is 19.4. The molecule has 1 fully saturated rings. The third kappa shape index (κ3) is 4.00. The average Bonchev–Trinajstić information content (AvgIpc) is 2.68. The van der Waals surface area contributed by atoms with E-state index in [1.807, 2.05) is 0 Å². The Kier molecular flexibility index (Phi) is 5.40. The molecule has 150 valence electrons. The highest BCUT2D eigenvalue weighted by Gasteiger charge is 2.36. The van der Waals surface area contributed by atoms with Gasteiger partial charge in [-0.3, -0.25) is 10.2 Å². The molecule has 1 aliphatic heterocycles. The monoisotopic (exact) mass is 395 g/mol. The maximum absolute atomic E-state index is 13.4. The largest absolute Gasteiger partial charge is 0.416 e. The fourth-order valence-electron chi connectivity index (χ4n) is 3.52. The molecule has 0 radical (unpaired) electrons. The van der Waals surface area contributed by atoms with Crippen LogP contribution in [0.3, 0.4) is 0 Å². The van der Waals surface area contributed by atoms with Gasteiger partial charge in [-0.15, -0.1) is 0 Å². The second-order valence-corrected chi connectivity index (χ2v) is 6.76. The number of hydrogen-bond acceptors (Lipinski definition) is 3. The smallest absolute Gasteiger partial charge is 0.398 e. The number of rotatable bonds is 3. The number of likely N-dealkylation sites (tertiary alicyclic amines) is 1. The maximum atomic E-state index is 13.4. The zero-order valence-electron chi connectivity index (χ0n) is 14.9. The van der Waals surface area contributed by atoms with Crippen LogP contribution in [0.4, 0.5) is 23.2 Å². The highest BCUT2D eigenvalue weighted by Crippen LogP contribution is 2.38. The summed E-state index contributed by atoms with van der Waals surface area (Å²) in [7, 11) is 0. The number of nitrogens with two attached hydrogens (primary N) is 1. The van der Waals surface area contributed by atoms with Crippen LogP contribution in [0.5, 0.6) is 0 Å². The molecule has 8 heteroatoms. The summed E-state index contributed by atoms with van der Waals surface area (Å²) in [5, 5.41) is 8.05. The fraction of sp³-hybridized carbons (Fsp3) is 0.300. The number of halogens is 4. The summed E-state index contributed by atoms with van der Waals surface area (Å²) < 4.78 is 53.1. The van der Waals surface area contributed by atoms with E-state index in [-0.39, 0.29) is 37.2 Å². The van der Waals surface area contributed by atoms with E-state index in [1.165, 1.54) is 23.1 Å². The summed E-state index contributed by atoms with van der Waals surface area (Å²) in [6.07, 6.45) is -3.73. The number of carbonyl (C=O) groups is 1. The number of benzene rings is 2. The van der Waals surface area contributed by atoms with E-state index in [0.29, 0.717) is 12.8 Å². The average molecular weight is 395 g/mol. The van der Waals surface area contributed by atoms with Gasteiger partial charge in [0.25, 0.3) is 5.91 Å². The van der Waals surface area contributed by atoms with Gasteiger partial charge in [0.15, 0.2) is 0 Å². The quantitative estimate of drug-likeness (QED) is 0.458. The zero-order valence-corrected chi connectivity index (χ0v) is 14.9. The Hall–Kier alpha value is -2.90. The molecule has 0 spiro atoms. The summed E-state index contributed by atoms with van der Waals surface area (Å²) in [5.74, 6) is -1.54. The topological polar surface area (TPSA) is 70.2 Å². The van der Waals surface area contributed by atoms with Crippen molar-refractivity contribution in [1.82, 2.24) is 4.90 Å². The van der Waals surface area contributed by atoms with Crippen LogP contribution in [0.15, 0.2) is 42.5 Å². The van der Waals surface area contributed by atoms with Gasteiger partial charge in [0.2, 0.25) is 0 Å². The first-order valence-electron chi connectivity index (χ1n) is 8.78. The van der Waals surface area contributed by atoms with Crippen molar-refractivity contribution in [2.45, 2.75) is 24.9 Å². The van der Waals surface area contributed by atoms with Crippen molar-refractivity contribution in [3.63, 3.8) is 0 Å². The van der Waals surface area contributed by atoms with Crippen molar-refractivity contribution >= 4 is 17.3 Å². The van der Waals surface area contributed by atoms with Gasteiger partial charge in [-0.2, -0.15) is 13.2 Å². The first kappa shape index (κ1) is 19.9. The number of hydrogen-bond donors (Lipinski definition) is 2. The summed E-state index contributed by atoms with van der Waals surface area (Å²) in [6.45, 7) is 0.431. The molecule has 1 aliphatic rings. The van der Waals surface area contributed by atoms with Crippen LogP contribution in [0.1, 0.15) is 36.9 Å². The third-order valence-corrected chi connectivity index (χ3v) is 4.99. The SMILES string of the molecule is N=C(C(=O)N1CCC(c2ccccc2C(F)(F)F)CC1)c1cc(F)ccc1N.[HH]. The molecular formula is C20H21F4N3O. The second kappa shape index (κ2) is 7.61. The Bertz CT molecular complexity index is 909. The van der Waals surface area contributed by atoms with E-state index in [2.05, 4.69) is 0 Å². The van der Waals surface area contributed by atoms with Crippen LogP contribution in [-0.4, -0.2) is 29.6 Å². The van der Waals surface area contributed by atoms with Crippen LogP contribution in [0.25, 0.3) is 0 Å². The minimum Gasteiger partial charge on any atom is -0.398 e. The van der Waals surface area contributed by atoms with Crippen molar-refractivity contribution in [2.75, 3.05) is 18.8 Å². The predicted molar refractivity (Wildman–Crippen MR) is 99.8 cm³/mol. The maximum Gasteiger partial charge on any atom is 0.416 e. The number of alkyl halides is 3. The lowest BCUT2D eigenvalue weighted by Gasteiger charge is -2.33. The molecule has 2 aromatic carbocycles. The van der Waals surface area contributed by atoms with Gasteiger partial charge in [0.05, 0.1) is 5.56 Å². The molecule has 0 atom stereocenters. The van der Waals surface area contributed by atoms with Gasteiger partial charge < -0.3 is 10.6 Å². The van der Waals surface area contributed by atoms with Gasteiger partial charge >= 0.3 is 6.18 Å². The van der Waals surface area contributed by atoms with E-state index in [1.54, 1.807) is 6.07 Å². The molecule has 3 rings (SSSR count). The summed E-state index contributed by atoms with van der Waals surface area (Å²) in [4.78, 5) is 14.0. The minimum atomic E-state index is -4.43. The van der Waals surface area contributed by atoms with E-state index in [0.717, 1.165) is 18.2 Å². The zero-order chi connectivity index (χ0) is 20.5. The lowest BCUT2D eigenvalue weighted by Crippen LogP contribution is -2.42. The van der Waals surface area contributed by atoms with E-state index in [4.69, 9.17) is 11.1 Å². The standard InChI is InChI=1S/C20H19F4N3O.H2/c21-13-5-6-17(25)15(11-13)18(26)19(28)27-9-7-12(8-10-27)14-3-1-2-4-16(14)20(22,23)24;/h1-6,11-12,26H,7-10,25H2;1H. The Balaban J connectivity index is 0.00000300. The van der Waals surface area contributed by atoms with E-state index >= 15 is 0 Å². The molecular weight excluding hydrogens is 374 g/mol. The van der Waals surface area contributed by atoms with E-state index in [9.17, 15) is 22.4 Å². The first-order valence-corrected chi connectivity index (χ1v) is 8.78. The van der Waals surface area contributed by atoms with Crippen molar-refractivity contribution in [3.05, 3.63) is 65.0 Å². The van der Waals surface area contributed by atoms with Crippen LogP contribution in [0.2, 0.25) is 0 Å². The van der Waals surface area contributed by atoms with Gasteiger partial charge in [0.1, 0.15) is 11.5 Å². The summed E-state index contributed by atoms with van der Waals surface area (Å²) in [5.41, 5.74) is 5.01. The fourth-order valence-corrected chi connectivity index (χ4v) is 3.52. The first-order chi connectivity index (χ1) is 13.2. The Morgan fingerprint density at radius 1 is 1.14 bits per heavy atom. The lowest BCUT2D eigenvalue weighted by molar-refractivity contribution is -0.138. The molecule has 0 unspecified atom stereocenters. The van der Waals surface area contributed by atoms with Gasteiger partial charge in [0, 0.05) is 25.8 Å². The van der Waals surface area contributed by atoms with Crippen LogP contribution in [-0.2, 0) is 11.0 Å². The van der Waals surface area contributed by atoms with Crippen LogP contribution in [0, 0.1) is 11.2 Å². The van der Waals surface area contributed by atoms with Crippen molar-refractivity contribution < 1.29 is 23.8 Å². The molecule has 0 bridgehead atoms. The Morgan fingerprint density at radius 3 is 2.43 bits per heavy atom. The molecule has 0 saturated carbocycles. The normalized spacial score (nSPS) is 15.5. The summed E-state index contributed by atoms with van der Waals surface area (Å²) >= 11 is 0. The predicted octanol–water partition coefficient (Wildman–Crippen LogP) is 4.45. The lowest BCUT2D eigenvalue weighted by atomic mass is 9.86. The van der Waals surface area contributed by atoms with Crippen LogP contribution < -0.4 is 5.73 Å². The van der Waals surface area contributed by atoms with Crippen molar-refractivity contribution in [3.8, 4) is 0 Å². The molecule has 0 aromatic heterocycles. The van der Waals surface area contributed by atoms with Gasteiger partial charge in [-0.05, 0) is 48.6 Å². The molecule has 0 aliphatic carbocycles. The van der Waals surface area contributed by atoms with E-state index < -0.39 is 29.2 Å². The number of nitrogens with zero attached hydrogens (tertiary/aromatic N) is 1. The second-order valence-electron chi connectivity index (χ2n) is 6.76. The minimum absolute atomic E-state index is 0. The molecule has 3 N–H and O–H groups in total. The summed E-state index contributed by atoms with van der Waals surface area (Å²) in [6, 6.07) is 8.92. The molecule has 2 aromatic rings. The number of nitrogens with one attached hydrogen (secondary N) is 1. The number of amides is 1.